The molecule has 21 heavy (non-hydrogen) atoms. The number of nitrogens with one attached hydrogen (secondary N) is 1. The van der Waals surface area contributed by atoms with Crippen molar-refractivity contribution in [3.8, 4) is 11.5 Å². The van der Waals surface area contributed by atoms with Crippen LogP contribution in [-0.4, -0.2) is 21.2 Å². The second-order valence-corrected chi connectivity index (χ2v) is 4.65. The van der Waals surface area contributed by atoms with E-state index in [1.807, 2.05) is 12.1 Å². The molecule has 0 amide bonds. The molecule has 0 bridgehead atoms. The number of aromatic amines is 1. The number of carboxylic acid groups (broad SMARTS) is 1. The first-order valence-electron chi connectivity index (χ1n) is 6.39. The van der Waals surface area contributed by atoms with Crippen LogP contribution in [0, 0.1) is 0 Å². The number of fused-ring (bicyclic) bond motifs is 1. The third-order valence-electron chi connectivity index (χ3n) is 3.17. The molecule has 3 N–H and O–H groups in total. The van der Waals surface area contributed by atoms with E-state index in [0.717, 1.165) is 11.1 Å². The number of hydrogen-bond acceptors (Lipinski definition) is 3. The van der Waals surface area contributed by atoms with Crippen molar-refractivity contribution >= 4 is 16.9 Å². The summed E-state index contributed by atoms with van der Waals surface area (Å²) in [5.41, 5.74) is 1.62. The molecular weight excluding hydrogens is 270 g/mol. The van der Waals surface area contributed by atoms with E-state index in [1.54, 1.807) is 36.4 Å². The largest absolute Gasteiger partial charge is 0.508 e. The van der Waals surface area contributed by atoms with Crippen LogP contribution in [0.5, 0.6) is 11.5 Å². The van der Waals surface area contributed by atoms with E-state index in [0.29, 0.717) is 17.9 Å². The summed E-state index contributed by atoms with van der Waals surface area (Å²) in [6.45, 7) is 0.290. The first-order valence-corrected chi connectivity index (χ1v) is 6.39. The second-order valence-electron chi connectivity index (χ2n) is 4.65. The van der Waals surface area contributed by atoms with Gasteiger partial charge in [0.15, 0.2) is 0 Å². The summed E-state index contributed by atoms with van der Waals surface area (Å²) in [7, 11) is 0. The fraction of sp³-hybridized carbons (Fsp3) is 0.0625. The Kier molecular flexibility index (Phi) is 3.23. The molecule has 0 aliphatic rings. The Morgan fingerprint density at radius 3 is 2.62 bits per heavy atom. The zero-order valence-electron chi connectivity index (χ0n) is 11.0. The predicted octanol–water partition coefficient (Wildman–Crippen LogP) is 3.15. The third-order valence-corrected chi connectivity index (χ3v) is 3.17. The molecule has 106 valence electrons. The van der Waals surface area contributed by atoms with Gasteiger partial charge >= 0.3 is 5.97 Å². The van der Waals surface area contributed by atoms with Crippen molar-refractivity contribution in [2.75, 3.05) is 0 Å². The molecular formula is C16H13NO4. The molecule has 1 heterocycles. The lowest BCUT2D eigenvalue weighted by molar-refractivity contribution is 0.0699. The van der Waals surface area contributed by atoms with Gasteiger partial charge in [0.2, 0.25) is 0 Å². The van der Waals surface area contributed by atoms with E-state index in [-0.39, 0.29) is 11.3 Å². The maximum absolute atomic E-state index is 11.2. The van der Waals surface area contributed by atoms with Gasteiger partial charge in [-0.1, -0.05) is 12.1 Å². The minimum Gasteiger partial charge on any atom is -0.508 e. The van der Waals surface area contributed by atoms with Crippen LogP contribution in [0.1, 0.15) is 16.1 Å². The van der Waals surface area contributed by atoms with Crippen LogP contribution in [0.15, 0.2) is 48.5 Å². The molecule has 2 aromatic carbocycles. The lowest BCUT2D eigenvalue weighted by Crippen LogP contribution is -1.98. The van der Waals surface area contributed by atoms with Crippen LogP contribution in [-0.2, 0) is 6.61 Å². The molecule has 0 saturated carbocycles. The Balaban J connectivity index is 1.83. The van der Waals surface area contributed by atoms with Crippen LogP contribution < -0.4 is 4.74 Å². The average Bonchev–Trinajstić information content (AvgIpc) is 2.89. The zero-order valence-corrected chi connectivity index (χ0v) is 11.0. The lowest BCUT2D eigenvalue weighted by Gasteiger charge is -2.04. The monoisotopic (exact) mass is 283 g/mol. The highest BCUT2D eigenvalue weighted by molar-refractivity contribution is 6.02. The van der Waals surface area contributed by atoms with E-state index >= 15 is 0 Å². The zero-order chi connectivity index (χ0) is 14.8. The Labute approximate surface area is 120 Å². The number of aromatic nitrogens is 1. The number of rotatable bonds is 4. The minimum atomic E-state index is -0.964. The number of para-hydroxylation sites is 1. The van der Waals surface area contributed by atoms with Gasteiger partial charge in [0, 0.05) is 5.39 Å². The summed E-state index contributed by atoms with van der Waals surface area (Å²) >= 11 is 0. The first kappa shape index (κ1) is 13.1. The topological polar surface area (TPSA) is 82.6 Å². The lowest BCUT2D eigenvalue weighted by atomic mass is 10.1. The highest BCUT2D eigenvalue weighted by Gasteiger charge is 2.10. The number of ether oxygens (including phenoxy) is 1. The molecule has 0 aliphatic carbocycles. The number of aromatic carboxylic acids is 1. The Hall–Kier alpha value is -2.95. The summed E-state index contributed by atoms with van der Waals surface area (Å²) in [6, 6.07) is 13.4. The van der Waals surface area contributed by atoms with E-state index < -0.39 is 5.97 Å². The van der Waals surface area contributed by atoms with E-state index in [2.05, 4.69) is 4.98 Å². The molecule has 3 aromatic rings. The third kappa shape index (κ3) is 2.67. The van der Waals surface area contributed by atoms with Gasteiger partial charge in [-0.25, -0.2) is 4.79 Å². The number of phenols is 1. The van der Waals surface area contributed by atoms with Gasteiger partial charge in [-0.3, -0.25) is 0 Å². The fourth-order valence-electron chi connectivity index (χ4n) is 2.17. The summed E-state index contributed by atoms with van der Waals surface area (Å²) < 4.78 is 5.59. The Morgan fingerprint density at radius 1 is 1.14 bits per heavy atom. The molecule has 1 aromatic heterocycles. The van der Waals surface area contributed by atoms with Gasteiger partial charge < -0.3 is 19.9 Å². The van der Waals surface area contributed by atoms with E-state index in [1.165, 1.54) is 0 Å². The van der Waals surface area contributed by atoms with Gasteiger partial charge in [0.1, 0.15) is 18.1 Å². The number of benzene rings is 2. The van der Waals surface area contributed by atoms with Gasteiger partial charge in [0.25, 0.3) is 0 Å². The van der Waals surface area contributed by atoms with Gasteiger partial charge in [-0.15, -0.1) is 0 Å². The van der Waals surface area contributed by atoms with Crippen molar-refractivity contribution in [1.82, 2.24) is 4.98 Å². The smallest absolute Gasteiger partial charge is 0.337 e. The quantitative estimate of drug-likeness (QED) is 0.687. The maximum atomic E-state index is 11.2. The van der Waals surface area contributed by atoms with Crippen LogP contribution >= 0.6 is 0 Å². The maximum Gasteiger partial charge on any atom is 0.337 e. The minimum absolute atomic E-state index is 0.180. The summed E-state index contributed by atoms with van der Waals surface area (Å²) in [5, 5.41) is 19.2. The molecule has 0 fully saturated rings. The molecule has 0 aliphatic heterocycles. The van der Waals surface area contributed by atoms with E-state index in [4.69, 9.17) is 9.84 Å². The highest BCUT2D eigenvalue weighted by atomic mass is 16.5. The van der Waals surface area contributed by atoms with Crippen molar-refractivity contribution in [3.05, 3.63) is 59.8 Å². The normalized spacial score (nSPS) is 10.7. The number of carboxylic acids is 1. The number of hydrogen-bond donors (Lipinski definition) is 3. The van der Waals surface area contributed by atoms with Crippen LogP contribution in [0.4, 0.5) is 0 Å². The number of carbonyl (C=O) groups is 1. The van der Waals surface area contributed by atoms with Crippen LogP contribution in [0.3, 0.4) is 0 Å². The predicted molar refractivity (Wildman–Crippen MR) is 77.7 cm³/mol. The van der Waals surface area contributed by atoms with Crippen LogP contribution in [0.2, 0.25) is 0 Å². The Morgan fingerprint density at radius 2 is 1.90 bits per heavy atom. The van der Waals surface area contributed by atoms with Gasteiger partial charge in [-0.2, -0.15) is 0 Å². The molecule has 5 heteroatoms. The standard InChI is InChI=1S/C16H13NO4/c18-12-4-6-13(7-5-12)21-9-11-8-10-2-1-3-14(16(19)20)15(10)17-11/h1-8,17-18H,9H2,(H,19,20). The summed E-state index contributed by atoms with van der Waals surface area (Å²) in [4.78, 5) is 14.2. The molecule has 0 radical (unpaired) electrons. The van der Waals surface area contributed by atoms with Gasteiger partial charge in [-0.05, 0) is 36.4 Å². The Bertz CT molecular complexity index is 790. The summed E-state index contributed by atoms with van der Waals surface area (Å²) in [6.07, 6.45) is 0. The molecule has 0 saturated heterocycles. The fourth-order valence-corrected chi connectivity index (χ4v) is 2.17. The molecule has 0 atom stereocenters. The molecule has 5 nitrogen and oxygen atoms in total. The summed E-state index contributed by atoms with van der Waals surface area (Å²) in [5.74, 6) is -0.155. The number of aromatic hydroxyl groups is 1. The van der Waals surface area contributed by atoms with Crippen molar-refractivity contribution in [2.45, 2.75) is 6.61 Å². The van der Waals surface area contributed by atoms with Crippen molar-refractivity contribution in [1.29, 1.82) is 0 Å². The average molecular weight is 283 g/mol. The van der Waals surface area contributed by atoms with E-state index in [9.17, 15) is 9.90 Å². The van der Waals surface area contributed by atoms with Crippen molar-refractivity contribution in [2.24, 2.45) is 0 Å². The van der Waals surface area contributed by atoms with Gasteiger partial charge in [0.05, 0.1) is 16.8 Å². The second kappa shape index (κ2) is 5.20. The highest BCUT2D eigenvalue weighted by Crippen LogP contribution is 2.21. The molecule has 0 spiro atoms. The van der Waals surface area contributed by atoms with Crippen molar-refractivity contribution in [3.63, 3.8) is 0 Å². The molecule has 3 rings (SSSR count). The number of phenolic OH excluding ortho intramolecular Hbond substituents is 1. The van der Waals surface area contributed by atoms with Crippen molar-refractivity contribution < 1.29 is 19.7 Å². The SMILES string of the molecule is O=C(O)c1cccc2cc(COc3ccc(O)cc3)[nH]c12. The first-order chi connectivity index (χ1) is 10.1. The number of H-pyrrole nitrogens is 1. The molecule has 0 unspecified atom stereocenters. The van der Waals surface area contributed by atoms with Crippen LogP contribution in [0.25, 0.3) is 10.9 Å².